The normalized spacial score (nSPS) is 10.6. The molecule has 0 saturated heterocycles. The number of benzene rings is 2. The summed E-state index contributed by atoms with van der Waals surface area (Å²) in [5.41, 5.74) is 2.15. The lowest BCUT2D eigenvalue weighted by Gasteiger charge is -2.19. The summed E-state index contributed by atoms with van der Waals surface area (Å²) in [5, 5.41) is 0. The molecule has 4 nitrogen and oxygen atoms in total. The van der Waals surface area contributed by atoms with Crippen LogP contribution in [0.1, 0.15) is 21.5 Å². The monoisotopic (exact) mass is 335 g/mol. The van der Waals surface area contributed by atoms with Crippen molar-refractivity contribution in [1.82, 2.24) is 4.90 Å². The first kappa shape index (κ1) is 17.7. The first-order valence-corrected chi connectivity index (χ1v) is 7.35. The van der Waals surface area contributed by atoms with Gasteiger partial charge in [0.2, 0.25) is 0 Å². The zero-order valence-corrected chi connectivity index (χ0v) is 13.8. The maximum atomic E-state index is 12.5. The average Bonchev–Trinajstić information content (AvgIpc) is 2.54. The van der Waals surface area contributed by atoms with Crippen molar-refractivity contribution in [2.24, 2.45) is 0 Å². The molecule has 0 heterocycles. The Kier molecular flexibility index (Phi) is 5.73. The van der Waals surface area contributed by atoms with Crippen LogP contribution in [0.25, 0.3) is 0 Å². The third-order valence-electron chi connectivity index (χ3n) is 3.59. The number of amides is 1. The Morgan fingerprint density at radius 1 is 1.17 bits per heavy atom. The Labute approximate surface area is 139 Å². The van der Waals surface area contributed by atoms with Crippen molar-refractivity contribution in [2.75, 3.05) is 14.2 Å². The Balaban J connectivity index is 2.18. The molecule has 0 atom stereocenters. The van der Waals surface area contributed by atoms with E-state index in [1.807, 2.05) is 19.1 Å². The van der Waals surface area contributed by atoms with Gasteiger partial charge in [0.25, 0.3) is 5.91 Å². The smallest absolute Gasteiger partial charge is 0.387 e. The summed E-state index contributed by atoms with van der Waals surface area (Å²) in [6.45, 7) is -0.819. The summed E-state index contributed by atoms with van der Waals surface area (Å²) in [7, 11) is 3.04. The van der Waals surface area contributed by atoms with Crippen LogP contribution in [0.2, 0.25) is 0 Å². The SMILES string of the molecule is COc1ccc(CN(C)C(=O)c2ccccc2C)cc1OC(F)F. The van der Waals surface area contributed by atoms with Crippen LogP contribution in [0.5, 0.6) is 11.5 Å². The van der Waals surface area contributed by atoms with Gasteiger partial charge in [-0.05, 0) is 36.2 Å². The van der Waals surface area contributed by atoms with Crippen molar-refractivity contribution in [3.63, 3.8) is 0 Å². The van der Waals surface area contributed by atoms with Gasteiger partial charge in [-0.25, -0.2) is 0 Å². The van der Waals surface area contributed by atoms with E-state index in [0.717, 1.165) is 5.56 Å². The second-order valence-corrected chi connectivity index (χ2v) is 5.34. The first-order chi connectivity index (χ1) is 11.4. The van der Waals surface area contributed by atoms with Gasteiger partial charge in [-0.15, -0.1) is 0 Å². The van der Waals surface area contributed by atoms with Crippen LogP contribution in [-0.4, -0.2) is 31.6 Å². The summed E-state index contributed by atoms with van der Waals surface area (Å²) < 4.78 is 34.4. The number of carbonyl (C=O) groups excluding carboxylic acids is 1. The summed E-state index contributed by atoms with van der Waals surface area (Å²) in [5.74, 6) is 0.0221. The van der Waals surface area contributed by atoms with E-state index in [0.29, 0.717) is 11.1 Å². The number of nitrogens with zero attached hydrogens (tertiary/aromatic N) is 1. The number of ether oxygens (including phenoxy) is 2. The molecular weight excluding hydrogens is 316 g/mol. The number of rotatable bonds is 6. The fraction of sp³-hybridized carbons (Fsp3) is 0.278. The highest BCUT2D eigenvalue weighted by molar-refractivity contribution is 5.95. The minimum atomic E-state index is -2.94. The molecule has 0 saturated carbocycles. The van der Waals surface area contributed by atoms with E-state index in [2.05, 4.69) is 4.74 Å². The molecule has 6 heteroatoms. The van der Waals surface area contributed by atoms with Gasteiger partial charge in [0.05, 0.1) is 7.11 Å². The third-order valence-corrected chi connectivity index (χ3v) is 3.59. The van der Waals surface area contributed by atoms with Gasteiger partial charge < -0.3 is 14.4 Å². The molecule has 0 aromatic heterocycles. The lowest BCUT2D eigenvalue weighted by atomic mass is 10.1. The summed E-state index contributed by atoms with van der Waals surface area (Å²) in [6.07, 6.45) is 0. The average molecular weight is 335 g/mol. The molecule has 0 spiro atoms. The summed E-state index contributed by atoms with van der Waals surface area (Å²) in [6, 6.07) is 12.0. The minimum absolute atomic E-state index is 0.0539. The quantitative estimate of drug-likeness (QED) is 0.804. The Morgan fingerprint density at radius 3 is 2.50 bits per heavy atom. The van der Waals surface area contributed by atoms with Gasteiger partial charge in [0.15, 0.2) is 11.5 Å². The molecule has 24 heavy (non-hydrogen) atoms. The largest absolute Gasteiger partial charge is 0.493 e. The van der Waals surface area contributed by atoms with E-state index in [1.165, 1.54) is 18.1 Å². The van der Waals surface area contributed by atoms with E-state index in [4.69, 9.17) is 4.74 Å². The Bertz CT molecular complexity index is 719. The number of hydrogen-bond acceptors (Lipinski definition) is 3. The zero-order chi connectivity index (χ0) is 17.7. The van der Waals surface area contributed by atoms with Crippen molar-refractivity contribution < 1.29 is 23.0 Å². The number of hydrogen-bond donors (Lipinski definition) is 0. The fourth-order valence-electron chi connectivity index (χ4n) is 2.37. The Morgan fingerprint density at radius 2 is 1.88 bits per heavy atom. The van der Waals surface area contributed by atoms with E-state index in [9.17, 15) is 13.6 Å². The van der Waals surface area contributed by atoms with Crippen LogP contribution in [-0.2, 0) is 6.54 Å². The lowest BCUT2D eigenvalue weighted by molar-refractivity contribution is -0.0512. The van der Waals surface area contributed by atoms with Crippen molar-refractivity contribution >= 4 is 5.91 Å². The number of aryl methyl sites for hydroxylation is 1. The van der Waals surface area contributed by atoms with Gasteiger partial charge in [0.1, 0.15) is 0 Å². The number of alkyl halides is 2. The molecule has 0 aliphatic heterocycles. The van der Waals surface area contributed by atoms with E-state index in [1.54, 1.807) is 31.3 Å². The zero-order valence-electron chi connectivity index (χ0n) is 13.8. The standard InChI is InChI=1S/C18H19F2NO3/c1-12-6-4-5-7-14(12)17(22)21(2)11-13-8-9-15(23-3)16(10-13)24-18(19)20/h4-10,18H,11H2,1-3H3. The number of halogens is 2. The highest BCUT2D eigenvalue weighted by atomic mass is 19.3. The van der Waals surface area contributed by atoms with Crippen LogP contribution in [0.15, 0.2) is 42.5 Å². The lowest BCUT2D eigenvalue weighted by Crippen LogP contribution is -2.26. The molecule has 0 fully saturated rings. The van der Waals surface area contributed by atoms with Gasteiger partial charge in [-0.2, -0.15) is 8.78 Å². The molecule has 128 valence electrons. The molecule has 0 aliphatic carbocycles. The first-order valence-electron chi connectivity index (χ1n) is 7.35. The predicted octanol–water partition coefficient (Wildman–Crippen LogP) is 3.88. The van der Waals surface area contributed by atoms with E-state index < -0.39 is 6.61 Å². The van der Waals surface area contributed by atoms with Crippen molar-refractivity contribution in [3.05, 3.63) is 59.2 Å². The van der Waals surface area contributed by atoms with Crippen molar-refractivity contribution in [3.8, 4) is 11.5 Å². The van der Waals surface area contributed by atoms with Crippen LogP contribution < -0.4 is 9.47 Å². The highest BCUT2D eigenvalue weighted by Crippen LogP contribution is 2.30. The molecule has 0 bridgehead atoms. The minimum Gasteiger partial charge on any atom is -0.493 e. The highest BCUT2D eigenvalue weighted by Gasteiger charge is 2.16. The van der Waals surface area contributed by atoms with Gasteiger partial charge >= 0.3 is 6.61 Å². The Hall–Kier alpha value is -2.63. The van der Waals surface area contributed by atoms with Crippen molar-refractivity contribution in [1.29, 1.82) is 0 Å². The molecule has 0 aliphatic rings. The number of carbonyl (C=O) groups is 1. The van der Waals surface area contributed by atoms with Crippen LogP contribution in [0.3, 0.4) is 0 Å². The van der Waals surface area contributed by atoms with Crippen LogP contribution in [0.4, 0.5) is 8.78 Å². The van der Waals surface area contributed by atoms with E-state index in [-0.39, 0.29) is 24.0 Å². The molecule has 0 unspecified atom stereocenters. The molecule has 2 aromatic carbocycles. The fourth-order valence-corrected chi connectivity index (χ4v) is 2.37. The van der Waals surface area contributed by atoms with Gasteiger partial charge in [-0.1, -0.05) is 24.3 Å². The molecule has 0 radical (unpaired) electrons. The van der Waals surface area contributed by atoms with Gasteiger partial charge in [-0.3, -0.25) is 4.79 Å². The number of methoxy groups -OCH3 is 1. The van der Waals surface area contributed by atoms with Crippen LogP contribution in [0, 0.1) is 6.92 Å². The second-order valence-electron chi connectivity index (χ2n) is 5.34. The second kappa shape index (κ2) is 7.77. The predicted molar refractivity (Wildman–Crippen MR) is 86.6 cm³/mol. The van der Waals surface area contributed by atoms with Gasteiger partial charge in [0, 0.05) is 19.2 Å². The maximum Gasteiger partial charge on any atom is 0.387 e. The van der Waals surface area contributed by atoms with Crippen LogP contribution >= 0.6 is 0 Å². The van der Waals surface area contributed by atoms with Crippen molar-refractivity contribution in [2.45, 2.75) is 20.1 Å². The summed E-state index contributed by atoms with van der Waals surface area (Å²) in [4.78, 5) is 14.0. The topological polar surface area (TPSA) is 38.8 Å². The third kappa shape index (κ3) is 4.22. The molecule has 2 aromatic rings. The molecule has 1 amide bonds. The molecule has 0 N–H and O–H groups in total. The summed E-state index contributed by atoms with van der Waals surface area (Å²) >= 11 is 0. The molecule has 2 rings (SSSR count). The maximum absolute atomic E-state index is 12.5. The molecular formula is C18H19F2NO3. The van der Waals surface area contributed by atoms with E-state index >= 15 is 0 Å².